The summed E-state index contributed by atoms with van der Waals surface area (Å²) in [6.07, 6.45) is 2.94. The molecule has 3 amide bonds. The van der Waals surface area contributed by atoms with Crippen LogP contribution in [0.25, 0.3) is 22.4 Å². The number of rotatable bonds is 13. The highest BCUT2D eigenvalue weighted by Crippen LogP contribution is 2.41. The van der Waals surface area contributed by atoms with E-state index < -0.39 is 5.91 Å². The summed E-state index contributed by atoms with van der Waals surface area (Å²) in [5.74, 6) is 0.584. The Labute approximate surface area is 306 Å². The highest BCUT2D eigenvalue weighted by Gasteiger charge is 2.28. The molecular weight excluding hydrogens is 693 g/mol. The molecule has 14 heteroatoms. The van der Waals surface area contributed by atoms with Crippen molar-refractivity contribution in [3.63, 3.8) is 0 Å². The molecule has 0 bridgehead atoms. The average molecular weight is 733 g/mol. The van der Waals surface area contributed by atoms with Gasteiger partial charge in [-0.1, -0.05) is 59.6 Å². The van der Waals surface area contributed by atoms with Crippen LogP contribution in [0, 0.1) is 0 Å². The van der Waals surface area contributed by atoms with Gasteiger partial charge in [-0.05, 0) is 18.6 Å². The summed E-state index contributed by atoms with van der Waals surface area (Å²) in [7, 11) is 3.12. The Morgan fingerprint density at radius 1 is 0.980 bits per heavy atom. The number of nitrogens with one attached hydrogen (secondary N) is 4. The van der Waals surface area contributed by atoms with Gasteiger partial charge < -0.3 is 30.7 Å². The minimum absolute atomic E-state index is 0.0293. The second kappa shape index (κ2) is 16.1. The number of carbonyl (C=O) groups excluding carboxylic acids is 3. The normalized spacial score (nSPS) is 15.9. The fraction of sp³-hybridized carbons (Fsp3) is 0.324. The van der Waals surface area contributed by atoms with Gasteiger partial charge in [-0.2, -0.15) is 0 Å². The lowest BCUT2D eigenvalue weighted by Gasteiger charge is -2.39. The predicted molar refractivity (Wildman–Crippen MR) is 196 cm³/mol. The minimum Gasteiger partial charge on any atom is -0.496 e. The van der Waals surface area contributed by atoms with Crippen LogP contribution in [0.5, 0.6) is 11.6 Å². The fourth-order valence-corrected chi connectivity index (χ4v) is 6.92. The number of aromatic nitrogens is 2. The van der Waals surface area contributed by atoms with Gasteiger partial charge in [0.25, 0.3) is 5.91 Å². The summed E-state index contributed by atoms with van der Waals surface area (Å²) in [6.45, 7) is 4.77. The molecule has 0 radical (unpaired) electrons. The fourth-order valence-electron chi connectivity index (χ4n) is 6.32. The van der Waals surface area contributed by atoms with Crippen LogP contribution >= 0.6 is 23.2 Å². The molecule has 4 aromatic rings. The van der Waals surface area contributed by atoms with Gasteiger partial charge in [-0.3, -0.25) is 24.3 Å². The number of hydrogen-bond acceptors (Lipinski definition) is 9. The van der Waals surface area contributed by atoms with E-state index in [0.29, 0.717) is 75.8 Å². The molecule has 6 rings (SSSR count). The second-order valence-electron chi connectivity index (χ2n) is 12.6. The molecule has 0 aliphatic carbocycles. The molecule has 2 aromatic heterocycles. The van der Waals surface area contributed by atoms with Crippen LogP contribution < -0.4 is 30.7 Å². The Kier molecular flexibility index (Phi) is 11.4. The van der Waals surface area contributed by atoms with Crippen molar-refractivity contribution in [3.8, 4) is 34.0 Å². The molecule has 0 saturated carbocycles. The standard InChI is InChI=1S/C37H39Cl2N7O5/c1-21(47)42-25-19-46(20-25)18-22-10-12-29(45-37(22)51-3)28-8-4-6-26(34(28)38)27-7-5-9-30(35(27)39)44-36(49)31-14-32(50-2)23(16-41-31)15-40-17-24-11-13-33(48)43-24/h4-10,12,14,16,24-25,40H,11,13,15,17-20H2,1-3H3,(H,42,47)(H,43,48)(H,44,49)/t24-/m0/s1. The number of hydrogen-bond donors (Lipinski definition) is 4. The first-order valence-corrected chi connectivity index (χ1v) is 17.3. The number of pyridine rings is 2. The molecule has 4 N–H and O–H groups in total. The van der Waals surface area contributed by atoms with Gasteiger partial charge in [-0.25, -0.2) is 4.98 Å². The minimum atomic E-state index is -0.458. The molecule has 2 aliphatic heterocycles. The van der Waals surface area contributed by atoms with Gasteiger partial charge in [-0.15, -0.1) is 0 Å². The zero-order valence-electron chi connectivity index (χ0n) is 28.5. The lowest BCUT2D eigenvalue weighted by molar-refractivity contribution is -0.121. The van der Waals surface area contributed by atoms with Gasteiger partial charge in [0.05, 0.1) is 41.7 Å². The van der Waals surface area contributed by atoms with E-state index in [-0.39, 0.29) is 29.6 Å². The first-order chi connectivity index (χ1) is 24.6. The van der Waals surface area contributed by atoms with Crippen molar-refractivity contribution in [2.24, 2.45) is 0 Å². The quantitative estimate of drug-likeness (QED) is 0.148. The van der Waals surface area contributed by atoms with Crippen molar-refractivity contribution in [3.05, 3.63) is 87.7 Å². The third kappa shape index (κ3) is 8.42. The van der Waals surface area contributed by atoms with Crippen LogP contribution in [0.15, 0.2) is 60.8 Å². The Morgan fingerprint density at radius 3 is 2.43 bits per heavy atom. The molecule has 4 heterocycles. The second-order valence-corrected chi connectivity index (χ2v) is 13.3. The Hall–Kier alpha value is -4.75. The SMILES string of the molecule is COc1cc(C(=O)Nc2cccc(-c3cccc(-c4ccc(CN5CC(NC(C)=O)C5)c(OC)n4)c3Cl)c2Cl)ncc1CNC[C@@H]1CCC(=O)N1. The number of benzene rings is 2. The highest BCUT2D eigenvalue weighted by atomic mass is 35.5. The summed E-state index contributed by atoms with van der Waals surface area (Å²) in [4.78, 5) is 47.5. The maximum Gasteiger partial charge on any atom is 0.274 e. The summed E-state index contributed by atoms with van der Waals surface area (Å²) < 4.78 is 11.2. The summed E-state index contributed by atoms with van der Waals surface area (Å²) in [6, 6.07) is 16.7. The topological polar surface area (TPSA) is 147 Å². The summed E-state index contributed by atoms with van der Waals surface area (Å²) in [5.41, 5.74) is 4.87. The zero-order valence-corrected chi connectivity index (χ0v) is 30.0. The number of anilines is 1. The molecule has 0 unspecified atom stereocenters. The van der Waals surface area contributed by atoms with Gasteiger partial charge in [0.15, 0.2) is 0 Å². The van der Waals surface area contributed by atoms with Gasteiger partial charge in [0, 0.05) is 92.2 Å². The lowest BCUT2D eigenvalue weighted by atomic mass is 10.00. The first kappa shape index (κ1) is 36.1. The van der Waals surface area contributed by atoms with E-state index in [4.69, 9.17) is 37.7 Å². The van der Waals surface area contributed by atoms with Crippen LogP contribution in [0.1, 0.15) is 41.4 Å². The van der Waals surface area contributed by atoms with Crippen molar-refractivity contribution in [1.82, 2.24) is 30.8 Å². The zero-order chi connectivity index (χ0) is 36.1. The van der Waals surface area contributed by atoms with Crippen molar-refractivity contribution >= 4 is 46.6 Å². The molecule has 0 spiro atoms. The van der Waals surface area contributed by atoms with E-state index >= 15 is 0 Å². The molecule has 1 atom stereocenters. The van der Waals surface area contributed by atoms with E-state index in [1.807, 2.05) is 36.4 Å². The third-order valence-corrected chi connectivity index (χ3v) is 9.70. The summed E-state index contributed by atoms with van der Waals surface area (Å²) >= 11 is 13.9. The Bertz CT molecular complexity index is 1950. The highest BCUT2D eigenvalue weighted by molar-refractivity contribution is 6.39. The molecule has 2 saturated heterocycles. The number of ether oxygens (including phenoxy) is 2. The molecule has 2 aromatic carbocycles. The molecule has 51 heavy (non-hydrogen) atoms. The number of likely N-dealkylation sites (tertiary alicyclic amines) is 1. The van der Waals surface area contributed by atoms with Crippen molar-refractivity contribution in [1.29, 1.82) is 0 Å². The molecule has 2 fully saturated rings. The van der Waals surface area contributed by atoms with E-state index in [9.17, 15) is 14.4 Å². The van der Waals surface area contributed by atoms with E-state index in [0.717, 1.165) is 30.6 Å². The predicted octanol–water partition coefficient (Wildman–Crippen LogP) is 5.08. The van der Waals surface area contributed by atoms with Crippen molar-refractivity contribution in [2.75, 3.05) is 39.2 Å². The monoisotopic (exact) mass is 731 g/mol. The van der Waals surface area contributed by atoms with Crippen LogP contribution in [0.2, 0.25) is 10.0 Å². The largest absolute Gasteiger partial charge is 0.496 e. The number of methoxy groups -OCH3 is 2. The number of amides is 3. The number of halogens is 2. The number of nitrogens with zero attached hydrogens (tertiary/aromatic N) is 3. The average Bonchev–Trinajstić information content (AvgIpc) is 3.53. The van der Waals surface area contributed by atoms with E-state index in [1.165, 1.54) is 14.0 Å². The Morgan fingerprint density at radius 2 is 1.73 bits per heavy atom. The molecular formula is C37H39Cl2N7O5. The van der Waals surface area contributed by atoms with E-state index in [2.05, 4.69) is 31.2 Å². The van der Waals surface area contributed by atoms with Crippen LogP contribution in [-0.2, 0) is 22.7 Å². The maximum atomic E-state index is 13.3. The van der Waals surface area contributed by atoms with Gasteiger partial charge in [0.1, 0.15) is 11.4 Å². The van der Waals surface area contributed by atoms with Crippen LogP contribution in [0.4, 0.5) is 5.69 Å². The third-order valence-electron chi connectivity index (χ3n) is 8.89. The van der Waals surface area contributed by atoms with Crippen molar-refractivity contribution < 1.29 is 23.9 Å². The summed E-state index contributed by atoms with van der Waals surface area (Å²) in [5, 5.41) is 12.8. The number of carbonyl (C=O) groups is 3. The van der Waals surface area contributed by atoms with Crippen LogP contribution in [0.3, 0.4) is 0 Å². The molecule has 12 nitrogen and oxygen atoms in total. The Balaban J connectivity index is 1.15. The lowest BCUT2D eigenvalue weighted by Crippen LogP contribution is -2.58. The maximum absolute atomic E-state index is 13.3. The van der Waals surface area contributed by atoms with E-state index in [1.54, 1.807) is 31.5 Å². The van der Waals surface area contributed by atoms with Crippen molar-refractivity contribution in [2.45, 2.75) is 44.9 Å². The first-order valence-electron chi connectivity index (χ1n) is 16.6. The van der Waals surface area contributed by atoms with Gasteiger partial charge >= 0.3 is 0 Å². The molecule has 266 valence electrons. The van der Waals surface area contributed by atoms with Gasteiger partial charge in [0.2, 0.25) is 17.7 Å². The van der Waals surface area contributed by atoms with Crippen LogP contribution in [-0.4, -0.2) is 78.5 Å². The molecule has 2 aliphatic rings. The smallest absolute Gasteiger partial charge is 0.274 e.